The molecule has 1 rings (SSSR count). The second-order valence-electron chi connectivity index (χ2n) is 17.0. The van der Waals surface area contributed by atoms with E-state index in [1.54, 1.807) is 0 Å². The van der Waals surface area contributed by atoms with Gasteiger partial charge in [0.1, 0.15) is 30.5 Å². The first-order chi connectivity index (χ1) is 32.1. The van der Waals surface area contributed by atoms with Crippen molar-refractivity contribution in [3.8, 4) is 0 Å². The first kappa shape index (κ1) is 61.3. The van der Waals surface area contributed by atoms with Crippen molar-refractivity contribution in [2.45, 2.75) is 218 Å². The molecule has 6 atom stereocenters. The van der Waals surface area contributed by atoms with Crippen LogP contribution in [0.1, 0.15) is 181 Å². The van der Waals surface area contributed by atoms with Gasteiger partial charge in [0.2, 0.25) is 0 Å². The highest BCUT2D eigenvalue weighted by atomic mass is 32.3. The molecule has 4 N–H and O–H groups in total. The number of carbonyl (C=O) groups is 1. The van der Waals surface area contributed by atoms with Crippen LogP contribution < -0.4 is 0 Å². The van der Waals surface area contributed by atoms with Gasteiger partial charge < -0.3 is 34.3 Å². The summed E-state index contributed by atoms with van der Waals surface area (Å²) in [4.78, 5) is 12.9. The second kappa shape index (κ2) is 43.6. The molecule has 0 bridgehead atoms. The summed E-state index contributed by atoms with van der Waals surface area (Å²) >= 11 is 0. The minimum absolute atomic E-state index is 0.0176. The molecule has 1 aliphatic rings. The van der Waals surface area contributed by atoms with E-state index in [1.807, 2.05) is 0 Å². The largest absolute Gasteiger partial charge is 0.457 e. The van der Waals surface area contributed by atoms with Crippen molar-refractivity contribution >= 4 is 16.4 Å². The van der Waals surface area contributed by atoms with E-state index in [-0.39, 0.29) is 19.6 Å². The fraction of sp³-hybridized carbons (Fsp3) is 0.717. The van der Waals surface area contributed by atoms with Gasteiger partial charge >= 0.3 is 16.4 Å². The molecule has 0 aromatic carbocycles. The lowest BCUT2D eigenvalue weighted by Crippen LogP contribution is -2.60. The molecule has 1 fully saturated rings. The van der Waals surface area contributed by atoms with Gasteiger partial charge in [-0.3, -0.25) is 9.35 Å². The quantitative estimate of drug-likeness (QED) is 0.0197. The molecule has 0 saturated carbocycles. The van der Waals surface area contributed by atoms with Gasteiger partial charge in [-0.15, -0.1) is 0 Å². The Morgan fingerprint density at radius 3 is 1.53 bits per heavy atom. The molecule has 0 aromatic rings. The van der Waals surface area contributed by atoms with Crippen LogP contribution in [0.5, 0.6) is 0 Å². The van der Waals surface area contributed by atoms with E-state index >= 15 is 0 Å². The van der Waals surface area contributed by atoms with Crippen molar-refractivity contribution in [2.75, 3.05) is 26.4 Å². The highest BCUT2D eigenvalue weighted by Gasteiger charge is 2.48. The van der Waals surface area contributed by atoms with Gasteiger partial charge in [0.05, 0.1) is 19.8 Å². The summed E-state index contributed by atoms with van der Waals surface area (Å²) in [6, 6.07) is 0. The molecule has 0 spiro atoms. The van der Waals surface area contributed by atoms with E-state index in [1.165, 1.54) is 44.9 Å². The normalized spacial score (nSPS) is 20.2. The molecule has 1 heterocycles. The Morgan fingerprint density at radius 1 is 0.591 bits per heavy atom. The summed E-state index contributed by atoms with van der Waals surface area (Å²) in [5.41, 5.74) is 0. The molecule has 1 aliphatic heterocycles. The van der Waals surface area contributed by atoms with E-state index in [2.05, 4.69) is 103 Å². The maximum absolute atomic E-state index is 12.9. The SMILES string of the molecule is CC/C=C\C/C=C\C/C=C\C/C=C\C/C=C\CCCCCCCCOCC(COC1OC(CO)C(O)C(OS(=O)(=O)O)C1O)OC(=O)CCCCCCCCC/C=C\C/C=C\CCCCC. The van der Waals surface area contributed by atoms with Gasteiger partial charge in [-0.1, -0.05) is 170 Å². The van der Waals surface area contributed by atoms with E-state index in [0.717, 1.165) is 109 Å². The first-order valence-electron chi connectivity index (χ1n) is 25.3. The molecule has 66 heavy (non-hydrogen) atoms. The highest BCUT2D eigenvalue weighted by molar-refractivity contribution is 7.80. The highest BCUT2D eigenvalue weighted by Crippen LogP contribution is 2.26. The third-order valence-corrected chi connectivity index (χ3v) is 11.5. The minimum Gasteiger partial charge on any atom is -0.457 e. The molecular weight excluding hydrogens is 861 g/mol. The predicted octanol–water partition coefficient (Wildman–Crippen LogP) is 11.6. The van der Waals surface area contributed by atoms with Crippen LogP contribution in [-0.2, 0) is 38.3 Å². The fourth-order valence-corrected chi connectivity index (χ4v) is 7.71. The number of hydrogen-bond acceptors (Lipinski definition) is 11. The van der Waals surface area contributed by atoms with Crippen LogP contribution >= 0.6 is 0 Å². The molecule has 12 nitrogen and oxygen atoms in total. The van der Waals surface area contributed by atoms with Gasteiger partial charge in [-0.05, 0) is 89.9 Å². The molecule has 0 aliphatic carbocycles. The number of carbonyl (C=O) groups excluding carboxylic acids is 1. The smallest absolute Gasteiger partial charge is 0.397 e. The number of unbranched alkanes of at least 4 members (excludes halogenated alkanes) is 16. The Labute approximate surface area is 400 Å². The lowest BCUT2D eigenvalue weighted by atomic mass is 9.99. The Balaban J connectivity index is 2.39. The van der Waals surface area contributed by atoms with E-state index in [0.29, 0.717) is 13.0 Å². The zero-order valence-electron chi connectivity index (χ0n) is 40.7. The molecule has 0 radical (unpaired) electrons. The van der Waals surface area contributed by atoms with Crippen molar-refractivity contribution in [3.63, 3.8) is 0 Å². The summed E-state index contributed by atoms with van der Waals surface area (Å²) in [6.45, 7) is 3.80. The monoisotopic (exact) mass is 951 g/mol. The van der Waals surface area contributed by atoms with Crippen LogP contribution in [0.3, 0.4) is 0 Å². The van der Waals surface area contributed by atoms with Crippen LogP contribution in [0, 0.1) is 0 Å². The van der Waals surface area contributed by atoms with Gasteiger partial charge in [0.15, 0.2) is 6.29 Å². The van der Waals surface area contributed by atoms with Gasteiger partial charge in [0.25, 0.3) is 0 Å². The average Bonchev–Trinajstić information content (AvgIpc) is 3.29. The fourth-order valence-electron chi connectivity index (χ4n) is 7.20. The number of esters is 1. The molecule has 1 saturated heterocycles. The van der Waals surface area contributed by atoms with Crippen LogP contribution in [0.25, 0.3) is 0 Å². The van der Waals surface area contributed by atoms with Crippen LogP contribution in [-0.4, -0.2) is 97.5 Å². The third kappa shape index (κ3) is 36.3. The predicted molar refractivity (Wildman–Crippen MR) is 266 cm³/mol. The standard InChI is InChI=1S/C53H90O12S/c1-3-5-7-9-11-13-15-17-19-21-22-23-24-25-27-29-31-33-35-37-39-41-43-61-45-47(46-62-53-51(57)52(65-66(58,59)60)50(56)48(44-54)64-53)63-49(55)42-40-38-36-34-32-30-28-26-20-18-16-14-12-10-8-6-4-2/h5,7,11-14,17-20,22-23,25,27,47-48,50-54,56-57H,3-4,6,8-10,15-16,21,24,26,28-46H2,1-2H3,(H,58,59,60)/b7-5-,13-11-,14-12-,19-17-,20-18-,23-22-,27-25-. The van der Waals surface area contributed by atoms with Crippen molar-refractivity contribution in [1.82, 2.24) is 0 Å². The van der Waals surface area contributed by atoms with E-state index < -0.39 is 59.8 Å². The molecule has 13 heteroatoms. The number of aliphatic hydroxyl groups excluding tert-OH is 3. The number of aliphatic hydroxyl groups is 3. The molecule has 380 valence electrons. The number of allylic oxidation sites excluding steroid dienone is 14. The number of ether oxygens (including phenoxy) is 4. The zero-order chi connectivity index (χ0) is 48.2. The average molecular weight is 951 g/mol. The Kier molecular flexibility index (Phi) is 40.4. The topological polar surface area (TPSA) is 178 Å². The molecule has 0 amide bonds. The molecular formula is C53H90O12S. The maximum atomic E-state index is 12.9. The van der Waals surface area contributed by atoms with Crippen molar-refractivity contribution in [1.29, 1.82) is 0 Å². The third-order valence-electron chi connectivity index (χ3n) is 11.0. The summed E-state index contributed by atoms with van der Waals surface area (Å²) in [6.07, 6.45) is 48.9. The second-order valence-corrected chi connectivity index (χ2v) is 18.1. The molecule has 6 unspecified atom stereocenters. The Hall–Kier alpha value is -2.72. The lowest BCUT2D eigenvalue weighted by molar-refractivity contribution is -0.301. The zero-order valence-corrected chi connectivity index (χ0v) is 41.5. The Bertz CT molecular complexity index is 1470. The van der Waals surface area contributed by atoms with Crippen LogP contribution in [0.2, 0.25) is 0 Å². The summed E-state index contributed by atoms with van der Waals surface area (Å²) < 4.78 is 59.2. The van der Waals surface area contributed by atoms with Crippen molar-refractivity contribution in [3.05, 3.63) is 85.1 Å². The van der Waals surface area contributed by atoms with E-state index in [4.69, 9.17) is 18.9 Å². The van der Waals surface area contributed by atoms with Gasteiger partial charge in [-0.25, -0.2) is 4.18 Å². The number of rotatable bonds is 43. The maximum Gasteiger partial charge on any atom is 0.397 e. The van der Waals surface area contributed by atoms with E-state index in [9.17, 15) is 33.1 Å². The number of hydrogen-bond donors (Lipinski definition) is 4. The summed E-state index contributed by atoms with van der Waals surface area (Å²) in [7, 11) is -5.07. The summed E-state index contributed by atoms with van der Waals surface area (Å²) in [5, 5.41) is 30.8. The van der Waals surface area contributed by atoms with Gasteiger partial charge in [0, 0.05) is 13.0 Å². The first-order valence-corrected chi connectivity index (χ1v) is 26.7. The van der Waals surface area contributed by atoms with Crippen LogP contribution in [0.4, 0.5) is 0 Å². The van der Waals surface area contributed by atoms with Gasteiger partial charge in [-0.2, -0.15) is 8.42 Å². The van der Waals surface area contributed by atoms with Crippen LogP contribution in [0.15, 0.2) is 85.1 Å². The minimum atomic E-state index is -5.07. The van der Waals surface area contributed by atoms with Crippen molar-refractivity contribution in [2.24, 2.45) is 0 Å². The Morgan fingerprint density at radius 2 is 1.05 bits per heavy atom. The lowest BCUT2D eigenvalue weighted by Gasteiger charge is -2.41. The molecule has 0 aromatic heterocycles. The summed E-state index contributed by atoms with van der Waals surface area (Å²) in [5.74, 6) is -0.416. The van der Waals surface area contributed by atoms with Crippen molar-refractivity contribution < 1.29 is 56.2 Å².